The lowest BCUT2D eigenvalue weighted by molar-refractivity contribution is 0.393. The summed E-state index contributed by atoms with van der Waals surface area (Å²) in [6.07, 6.45) is 5.96. The maximum absolute atomic E-state index is 5.42. The average molecular weight is 449 g/mol. The van der Waals surface area contributed by atoms with Crippen LogP contribution in [0.5, 0.6) is 11.5 Å². The Bertz CT molecular complexity index is 1040. The minimum Gasteiger partial charge on any atom is -0.497 e. The number of guanidine groups is 1. The van der Waals surface area contributed by atoms with Gasteiger partial charge in [-0.05, 0) is 25.0 Å². The molecule has 4 rings (SSSR count). The van der Waals surface area contributed by atoms with Crippen LogP contribution in [0.1, 0.15) is 18.4 Å². The lowest BCUT2D eigenvalue weighted by atomic mass is 10.0. The van der Waals surface area contributed by atoms with Crippen molar-refractivity contribution >= 4 is 11.6 Å². The van der Waals surface area contributed by atoms with Crippen LogP contribution in [0.3, 0.4) is 0 Å². The van der Waals surface area contributed by atoms with Crippen molar-refractivity contribution in [2.75, 3.05) is 39.3 Å². The van der Waals surface area contributed by atoms with Crippen molar-refractivity contribution in [3.05, 3.63) is 66.5 Å². The van der Waals surface area contributed by atoms with E-state index in [0.717, 1.165) is 60.3 Å². The maximum Gasteiger partial charge on any atom is 0.191 e. The number of nitrogens with zero attached hydrogens (tertiary/aromatic N) is 4. The van der Waals surface area contributed by atoms with E-state index in [1.807, 2.05) is 53.5 Å². The number of nitrogens with one attached hydrogen (secondary N) is 2. The number of para-hydroxylation sites is 1. The minimum absolute atomic E-state index is 0.368. The van der Waals surface area contributed by atoms with E-state index in [2.05, 4.69) is 37.8 Å². The zero-order chi connectivity index (χ0) is 23.0. The van der Waals surface area contributed by atoms with E-state index in [9.17, 15) is 0 Å². The first kappa shape index (κ1) is 22.5. The molecule has 0 amide bonds. The molecule has 0 atom stereocenters. The van der Waals surface area contributed by atoms with Crippen molar-refractivity contribution in [1.29, 1.82) is 0 Å². The second-order valence-corrected chi connectivity index (χ2v) is 8.03. The predicted octanol–water partition coefficient (Wildman–Crippen LogP) is 3.22. The summed E-state index contributed by atoms with van der Waals surface area (Å²) in [4.78, 5) is 6.78. The zero-order valence-electron chi connectivity index (χ0n) is 19.5. The first-order valence-corrected chi connectivity index (χ1v) is 11.2. The molecule has 1 aliphatic heterocycles. The number of aromatic nitrogens is 2. The monoisotopic (exact) mass is 448 g/mol. The number of ether oxygens (including phenoxy) is 2. The molecule has 0 spiro atoms. The van der Waals surface area contributed by atoms with E-state index < -0.39 is 0 Å². The topological polar surface area (TPSA) is 75.9 Å². The van der Waals surface area contributed by atoms with Gasteiger partial charge in [-0.1, -0.05) is 18.2 Å². The van der Waals surface area contributed by atoms with Gasteiger partial charge in [-0.2, -0.15) is 5.10 Å². The molecular weight excluding hydrogens is 416 g/mol. The molecule has 2 N–H and O–H groups in total. The first-order chi connectivity index (χ1) is 16.2. The van der Waals surface area contributed by atoms with E-state index >= 15 is 0 Å². The third-order valence-corrected chi connectivity index (χ3v) is 5.88. The third kappa shape index (κ3) is 5.77. The van der Waals surface area contributed by atoms with Gasteiger partial charge >= 0.3 is 0 Å². The second-order valence-electron chi connectivity index (χ2n) is 8.03. The molecule has 1 aliphatic rings. The second kappa shape index (κ2) is 10.8. The summed E-state index contributed by atoms with van der Waals surface area (Å²) in [5.41, 5.74) is 3.28. The fraction of sp³-hybridized carbons (Fsp3) is 0.360. The summed E-state index contributed by atoms with van der Waals surface area (Å²) in [5.74, 6) is 2.43. The Balaban J connectivity index is 1.28. The molecule has 0 aliphatic carbocycles. The lowest BCUT2D eigenvalue weighted by Gasteiger charge is -2.34. The average Bonchev–Trinajstić information content (AvgIpc) is 3.36. The molecule has 1 aromatic heterocycles. The molecule has 0 radical (unpaired) electrons. The van der Waals surface area contributed by atoms with Gasteiger partial charge in [-0.25, -0.2) is 4.68 Å². The van der Waals surface area contributed by atoms with Crippen LogP contribution in [-0.4, -0.2) is 56.1 Å². The quantitative estimate of drug-likeness (QED) is 0.427. The summed E-state index contributed by atoms with van der Waals surface area (Å²) >= 11 is 0. The van der Waals surface area contributed by atoms with Gasteiger partial charge in [-0.15, -0.1) is 0 Å². The summed E-state index contributed by atoms with van der Waals surface area (Å²) in [5, 5.41) is 11.4. The van der Waals surface area contributed by atoms with Gasteiger partial charge in [0.25, 0.3) is 0 Å². The molecule has 0 unspecified atom stereocenters. The van der Waals surface area contributed by atoms with Crippen LogP contribution in [0.25, 0.3) is 5.69 Å². The van der Waals surface area contributed by atoms with Gasteiger partial charge in [-0.3, -0.25) is 4.99 Å². The molecular formula is C25H32N6O2. The highest BCUT2D eigenvalue weighted by Gasteiger charge is 2.21. The molecule has 8 nitrogen and oxygen atoms in total. The number of methoxy groups -OCH3 is 2. The van der Waals surface area contributed by atoms with Gasteiger partial charge in [0.1, 0.15) is 11.5 Å². The molecule has 2 aromatic carbocycles. The van der Waals surface area contributed by atoms with Crippen LogP contribution in [0.4, 0.5) is 5.69 Å². The molecule has 174 valence electrons. The normalized spacial score (nSPS) is 14.8. The summed E-state index contributed by atoms with van der Waals surface area (Å²) in [6, 6.07) is 16.5. The predicted molar refractivity (Wildman–Crippen MR) is 132 cm³/mol. The van der Waals surface area contributed by atoms with E-state index in [1.54, 1.807) is 21.3 Å². The minimum atomic E-state index is 0.368. The SMILES string of the molecule is CN=C(NCc1cnn(-c2ccccc2)c1)NC1CCN(c2cc(OC)cc(OC)c2)CC1. The van der Waals surface area contributed by atoms with Crippen molar-refractivity contribution in [1.82, 2.24) is 20.4 Å². The van der Waals surface area contributed by atoms with E-state index in [0.29, 0.717) is 12.6 Å². The smallest absolute Gasteiger partial charge is 0.191 e. The summed E-state index contributed by atoms with van der Waals surface area (Å²) in [6.45, 7) is 2.57. The van der Waals surface area contributed by atoms with Crippen LogP contribution < -0.4 is 25.0 Å². The number of benzene rings is 2. The highest BCUT2D eigenvalue weighted by atomic mass is 16.5. The molecule has 8 heteroatoms. The van der Waals surface area contributed by atoms with Crippen LogP contribution in [0.15, 0.2) is 65.9 Å². The highest BCUT2D eigenvalue weighted by Crippen LogP contribution is 2.30. The maximum atomic E-state index is 5.42. The molecule has 3 aromatic rings. The Labute approximate surface area is 195 Å². The van der Waals surface area contributed by atoms with Crippen LogP contribution in [0, 0.1) is 0 Å². The Hall–Kier alpha value is -3.68. The Morgan fingerprint density at radius 1 is 1.03 bits per heavy atom. The first-order valence-electron chi connectivity index (χ1n) is 11.2. The Morgan fingerprint density at radius 3 is 2.36 bits per heavy atom. The standard InChI is InChI=1S/C25H32N6O2/c1-26-25(27-16-19-17-28-31(18-19)21-7-5-4-6-8-21)29-20-9-11-30(12-10-20)22-13-23(32-2)15-24(14-22)33-3/h4-8,13-15,17-18,20H,9-12,16H2,1-3H3,(H2,26,27,29). The fourth-order valence-corrected chi connectivity index (χ4v) is 4.00. The number of rotatable bonds is 7. The number of piperidine rings is 1. The Morgan fingerprint density at radius 2 is 1.73 bits per heavy atom. The van der Waals surface area contributed by atoms with Crippen molar-refractivity contribution in [3.8, 4) is 17.2 Å². The molecule has 1 fully saturated rings. The lowest BCUT2D eigenvalue weighted by Crippen LogP contribution is -2.48. The summed E-state index contributed by atoms with van der Waals surface area (Å²) in [7, 11) is 5.17. The van der Waals surface area contributed by atoms with Crippen molar-refractivity contribution in [2.24, 2.45) is 4.99 Å². The van der Waals surface area contributed by atoms with Gasteiger partial charge in [0.2, 0.25) is 0 Å². The largest absolute Gasteiger partial charge is 0.497 e. The molecule has 0 bridgehead atoms. The number of hydrogen-bond acceptors (Lipinski definition) is 5. The van der Waals surface area contributed by atoms with Gasteiger partial charge < -0.3 is 25.0 Å². The van der Waals surface area contributed by atoms with Gasteiger partial charge in [0.15, 0.2) is 5.96 Å². The number of aliphatic imine (C=N–C) groups is 1. The van der Waals surface area contributed by atoms with Crippen molar-refractivity contribution < 1.29 is 9.47 Å². The van der Waals surface area contributed by atoms with Gasteiger partial charge in [0, 0.05) is 68.4 Å². The Kier molecular flexibility index (Phi) is 7.34. The van der Waals surface area contributed by atoms with Crippen LogP contribution in [0.2, 0.25) is 0 Å². The third-order valence-electron chi connectivity index (χ3n) is 5.88. The number of hydrogen-bond donors (Lipinski definition) is 2. The van der Waals surface area contributed by atoms with E-state index in [1.165, 1.54) is 0 Å². The van der Waals surface area contributed by atoms with Crippen LogP contribution >= 0.6 is 0 Å². The molecule has 0 saturated carbocycles. The molecule has 1 saturated heterocycles. The molecule has 33 heavy (non-hydrogen) atoms. The summed E-state index contributed by atoms with van der Waals surface area (Å²) < 4.78 is 12.7. The van der Waals surface area contributed by atoms with Crippen molar-refractivity contribution in [3.63, 3.8) is 0 Å². The number of anilines is 1. The fourth-order valence-electron chi connectivity index (χ4n) is 4.00. The zero-order valence-corrected chi connectivity index (χ0v) is 19.5. The van der Waals surface area contributed by atoms with E-state index in [4.69, 9.17) is 9.47 Å². The van der Waals surface area contributed by atoms with Crippen molar-refractivity contribution in [2.45, 2.75) is 25.4 Å². The molecule has 2 heterocycles. The van der Waals surface area contributed by atoms with Crippen LogP contribution in [-0.2, 0) is 6.54 Å². The van der Waals surface area contributed by atoms with Gasteiger partial charge in [0.05, 0.1) is 26.1 Å². The van der Waals surface area contributed by atoms with E-state index in [-0.39, 0.29) is 0 Å². The highest BCUT2D eigenvalue weighted by molar-refractivity contribution is 5.80.